The molecule has 144 valence electrons. The minimum Gasteiger partial charge on any atom is -0.497 e. The van der Waals surface area contributed by atoms with Crippen molar-refractivity contribution in [2.45, 2.75) is 13.0 Å². The van der Waals surface area contributed by atoms with Crippen LogP contribution in [0.15, 0.2) is 60.9 Å². The molecular formula is C21H22N4O3. The van der Waals surface area contributed by atoms with Gasteiger partial charge in [-0.25, -0.2) is 4.98 Å². The lowest BCUT2D eigenvalue weighted by atomic mass is 10.0. The van der Waals surface area contributed by atoms with Gasteiger partial charge in [0.05, 0.1) is 7.11 Å². The predicted molar refractivity (Wildman–Crippen MR) is 106 cm³/mol. The Morgan fingerprint density at radius 2 is 1.93 bits per heavy atom. The van der Waals surface area contributed by atoms with Gasteiger partial charge in [0.2, 0.25) is 5.91 Å². The maximum absolute atomic E-state index is 12.9. The first-order valence-electron chi connectivity index (χ1n) is 8.77. The Hall–Kier alpha value is -3.61. The van der Waals surface area contributed by atoms with Crippen LogP contribution >= 0.6 is 0 Å². The highest BCUT2D eigenvalue weighted by molar-refractivity contribution is 5.97. The van der Waals surface area contributed by atoms with E-state index in [-0.39, 0.29) is 11.8 Å². The van der Waals surface area contributed by atoms with Crippen molar-refractivity contribution in [1.82, 2.24) is 14.9 Å². The molecule has 2 amide bonds. The average Bonchev–Trinajstić information content (AvgIpc) is 3.11. The first-order valence-corrected chi connectivity index (χ1v) is 8.77. The van der Waals surface area contributed by atoms with Gasteiger partial charge in [0, 0.05) is 37.6 Å². The zero-order chi connectivity index (χ0) is 20.1. The number of carbonyl (C=O) groups is 2. The number of imidazole rings is 1. The predicted octanol–water partition coefficient (Wildman–Crippen LogP) is 2.91. The molecule has 0 fully saturated rings. The summed E-state index contributed by atoms with van der Waals surface area (Å²) in [6, 6.07) is 13.8. The highest BCUT2D eigenvalue weighted by Crippen LogP contribution is 2.25. The van der Waals surface area contributed by atoms with Crippen molar-refractivity contribution in [3.63, 3.8) is 0 Å². The third-order valence-corrected chi connectivity index (χ3v) is 4.26. The lowest BCUT2D eigenvalue weighted by Gasteiger charge is -2.20. The number of amides is 2. The summed E-state index contributed by atoms with van der Waals surface area (Å²) >= 11 is 0. The molecule has 0 bridgehead atoms. The van der Waals surface area contributed by atoms with Gasteiger partial charge in [-0.05, 0) is 35.9 Å². The minimum atomic E-state index is -0.466. The monoisotopic (exact) mass is 378 g/mol. The van der Waals surface area contributed by atoms with Crippen molar-refractivity contribution in [3.05, 3.63) is 77.9 Å². The van der Waals surface area contributed by atoms with Crippen molar-refractivity contribution in [2.75, 3.05) is 12.4 Å². The second kappa shape index (κ2) is 8.39. The molecule has 0 saturated carbocycles. The molecule has 0 spiro atoms. The van der Waals surface area contributed by atoms with E-state index < -0.39 is 6.04 Å². The molecule has 0 radical (unpaired) electrons. The third-order valence-electron chi connectivity index (χ3n) is 4.26. The number of aryl methyl sites for hydroxylation is 1. The molecule has 2 aromatic carbocycles. The molecule has 0 unspecified atom stereocenters. The molecule has 7 heteroatoms. The third kappa shape index (κ3) is 4.37. The molecule has 0 aliphatic heterocycles. The molecule has 0 saturated heterocycles. The van der Waals surface area contributed by atoms with E-state index in [1.54, 1.807) is 37.6 Å². The van der Waals surface area contributed by atoms with Crippen molar-refractivity contribution in [2.24, 2.45) is 7.05 Å². The molecule has 1 heterocycles. The van der Waals surface area contributed by atoms with Gasteiger partial charge < -0.3 is 19.9 Å². The molecule has 0 aliphatic carbocycles. The van der Waals surface area contributed by atoms with Gasteiger partial charge in [0.15, 0.2) is 0 Å². The van der Waals surface area contributed by atoms with Crippen LogP contribution in [-0.2, 0) is 11.8 Å². The van der Waals surface area contributed by atoms with E-state index in [1.807, 2.05) is 42.1 Å². The van der Waals surface area contributed by atoms with Crippen LogP contribution in [0.25, 0.3) is 0 Å². The van der Waals surface area contributed by atoms with E-state index in [4.69, 9.17) is 4.74 Å². The largest absolute Gasteiger partial charge is 0.497 e. The second-order valence-electron chi connectivity index (χ2n) is 6.34. The number of aromatic nitrogens is 2. The molecule has 0 aliphatic rings. The van der Waals surface area contributed by atoms with Crippen molar-refractivity contribution in [3.8, 4) is 5.75 Å². The van der Waals surface area contributed by atoms with Crippen LogP contribution in [-0.4, -0.2) is 28.5 Å². The van der Waals surface area contributed by atoms with E-state index in [1.165, 1.54) is 6.92 Å². The highest BCUT2D eigenvalue weighted by Gasteiger charge is 2.22. The van der Waals surface area contributed by atoms with E-state index in [0.29, 0.717) is 22.8 Å². The van der Waals surface area contributed by atoms with Crippen LogP contribution in [0.5, 0.6) is 5.75 Å². The number of nitrogens with one attached hydrogen (secondary N) is 2. The van der Waals surface area contributed by atoms with E-state index in [9.17, 15) is 9.59 Å². The molecule has 28 heavy (non-hydrogen) atoms. The number of ether oxygens (including phenoxy) is 1. The van der Waals surface area contributed by atoms with Gasteiger partial charge in [-0.15, -0.1) is 0 Å². The number of hydrogen-bond acceptors (Lipinski definition) is 4. The summed E-state index contributed by atoms with van der Waals surface area (Å²) in [5, 5.41) is 5.72. The lowest BCUT2D eigenvalue weighted by molar-refractivity contribution is -0.114. The van der Waals surface area contributed by atoms with Gasteiger partial charge in [0.1, 0.15) is 17.6 Å². The van der Waals surface area contributed by atoms with E-state index in [2.05, 4.69) is 15.6 Å². The summed E-state index contributed by atoms with van der Waals surface area (Å²) in [4.78, 5) is 28.6. The van der Waals surface area contributed by atoms with Crippen LogP contribution < -0.4 is 15.4 Å². The molecule has 1 aromatic heterocycles. The topological polar surface area (TPSA) is 85.2 Å². The SMILES string of the molecule is COc1cccc([C@@H](NC(=O)c2cccc(NC(C)=O)c2)c2nccn2C)c1. The first kappa shape index (κ1) is 19.2. The molecule has 3 aromatic rings. The van der Waals surface area contributed by atoms with Gasteiger partial charge in [0.25, 0.3) is 5.91 Å². The normalized spacial score (nSPS) is 11.5. The quantitative estimate of drug-likeness (QED) is 0.691. The van der Waals surface area contributed by atoms with Crippen LogP contribution in [0.4, 0.5) is 5.69 Å². The first-order chi connectivity index (χ1) is 13.5. The summed E-state index contributed by atoms with van der Waals surface area (Å²) < 4.78 is 7.17. The fraction of sp³-hybridized carbons (Fsp3) is 0.190. The van der Waals surface area contributed by atoms with Crippen molar-refractivity contribution < 1.29 is 14.3 Å². The van der Waals surface area contributed by atoms with Crippen LogP contribution in [0, 0.1) is 0 Å². The van der Waals surface area contributed by atoms with Crippen LogP contribution in [0.2, 0.25) is 0 Å². The van der Waals surface area contributed by atoms with Gasteiger partial charge in [-0.1, -0.05) is 18.2 Å². The number of rotatable bonds is 6. The number of hydrogen-bond donors (Lipinski definition) is 2. The zero-order valence-electron chi connectivity index (χ0n) is 16.0. The number of carbonyl (C=O) groups excluding carboxylic acids is 2. The smallest absolute Gasteiger partial charge is 0.252 e. The molecule has 2 N–H and O–H groups in total. The van der Waals surface area contributed by atoms with Crippen LogP contribution in [0.3, 0.4) is 0 Å². The van der Waals surface area contributed by atoms with Gasteiger partial charge in [-0.3, -0.25) is 9.59 Å². The summed E-state index contributed by atoms with van der Waals surface area (Å²) in [5.41, 5.74) is 1.85. The maximum atomic E-state index is 12.9. The summed E-state index contributed by atoms with van der Waals surface area (Å²) in [7, 11) is 3.47. The van der Waals surface area contributed by atoms with Crippen molar-refractivity contribution >= 4 is 17.5 Å². The number of nitrogens with zero attached hydrogens (tertiary/aromatic N) is 2. The zero-order valence-corrected chi connectivity index (χ0v) is 16.0. The number of methoxy groups -OCH3 is 1. The Labute approximate surface area is 163 Å². The number of benzene rings is 2. The van der Waals surface area contributed by atoms with E-state index in [0.717, 1.165) is 5.56 Å². The Bertz CT molecular complexity index is 997. The lowest BCUT2D eigenvalue weighted by Crippen LogP contribution is -2.31. The minimum absolute atomic E-state index is 0.195. The Kier molecular flexibility index (Phi) is 5.74. The Balaban J connectivity index is 1.92. The maximum Gasteiger partial charge on any atom is 0.252 e. The fourth-order valence-electron chi connectivity index (χ4n) is 2.93. The molecule has 3 rings (SSSR count). The number of anilines is 1. The molecular weight excluding hydrogens is 356 g/mol. The summed E-state index contributed by atoms with van der Waals surface area (Å²) in [6.45, 7) is 1.42. The summed E-state index contributed by atoms with van der Waals surface area (Å²) in [5.74, 6) is 0.918. The molecule has 1 atom stereocenters. The van der Waals surface area contributed by atoms with Crippen LogP contribution in [0.1, 0.15) is 34.7 Å². The van der Waals surface area contributed by atoms with Gasteiger partial charge >= 0.3 is 0 Å². The Morgan fingerprint density at radius 1 is 1.14 bits per heavy atom. The Morgan fingerprint density at radius 3 is 2.61 bits per heavy atom. The average molecular weight is 378 g/mol. The van der Waals surface area contributed by atoms with E-state index >= 15 is 0 Å². The summed E-state index contributed by atoms with van der Waals surface area (Å²) in [6.07, 6.45) is 3.51. The van der Waals surface area contributed by atoms with Gasteiger partial charge in [-0.2, -0.15) is 0 Å². The second-order valence-corrected chi connectivity index (χ2v) is 6.34. The fourth-order valence-corrected chi connectivity index (χ4v) is 2.93. The van der Waals surface area contributed by atoms with Crippen molar-refractivity contribution in [1.29, 1.82) is 0 Å². The standard InChI is InChI=1S/C21H22N4O3/c1-14(26)23-17-8-4-7-16(12-17)21(27)24-19(20-22-10-11-25(20)2)15-6-5-9-18(13-15)28-3/h4-13,19H,1-3H3,(H,23,26)(H,24,27)/t19-/m1/s1. The highest BCUT2D eigenvalue weighted by atomic mass is 16.5. The molecule has 7 nitrogen and oxygen atoms in total.